The van der Waals surface area contributed by atoms with Gasteiger partial charge in [0.05, 0.1) is 4.90 Å². The summed E-state index contributed by atoms with van der Waals surface area (Å²) in [5, 5.41) is 2.90. The topological polar surface area (TPSA) is 69.7 Å². The first-order chi connectivity index (χ1) is 12.5. The van der Waals surface area contributed by atoms with Crippen molar-refractivity contribution in [2.24, 2.45) is 0 Å². The van der Waals surface area contributed by atoms with Crippen molar-refractivity contribution >= 4 is 16.1 Å². The highest BCUT2D eigenvalue weighted by atomic mass is 32.2. The Labute approximate surface area is 154 Å². The molecule has 6 nitrogen and oxygen atoms in total. The Morgan fingerprint density at radius 1 is 1.00 bits per heavy atom. The van der Waals surface area contributed by atoms with Crippen LogP contribution < -0.4 is 5.32 Å². The maximum atomic E-state index is 12.6. The molecule has 1 N–H and O–H groups in total. The number of benzene rings is 2. The van der Waals surface area contributed by atoms with Crippen LogP contribution in [-0.4, -0.2) is 49.8 Å². The molecule has 1 fully saturated rings. The molecule has 0 spiro atoms. The van der Waals surface area contributed by atoms with Crippen LogP contribution in [0.3, 0.4) is 0 Å². The zero-order valence-corrected chi connectivity index (χ0v) is 15.6. The van der Waals surface area contributed by atoms with E-state index in [0.717, 1.165) is 11.1 Å². The zero-order valence-electron chi connectivity index (χ0n) is 14.8. The predicted molar refractivity (Wildman–Crippen MR) is 100 cm³/mol. The van der Waals surface area contributed by atoms with Gasteiger partial charge in [0, 0.05) is 32.7 Å². The van der Waals surface area contributed by atoms with Gasteiger partial charge in [0.1, 0.15) is 0 Å². The van der Waals surface area contributed by atoms with E-state index in [-0.39, 0.29) is 10.9 Å². The lowest BCUT2D eigenvalue weighted by Gasteiger charge is -2.34. The summed E-state index contributed by atoms with van der Waals surface area (Å²) in [5.74, 6) is 0. The molecule has 1 aliphatic heterocycles. The predicted octanol–water partition coefficient (Wildman–Crippen LogP) is 2.21. The van der Waals surface area contributed by atoms with Gasteiger partial charge in [0.2, 0.25) is 10.0 Å². The number of carbonyl (C=O) groups excluding carboxylic acids is 1. The van der Waals surface area contributed by atoms with Crippen LogP contribution in [0.1, 0.15) is 11.1 Å². The van der Waals surface area contributed by atoms with Crippen LogP contribution in [0.25, 0.3) is 0 Å². The number of nitrogens with zero attached hydrogens (tertiary/aromatic N) is 2. The fraction of sp³-hybridized carbons (Fsp3) is 0.316. The van der Waals surface area contributed by atoms with Crippen molar-refractivity contribution in [1.82, 2.24) is 14.5 Å². The number of sulfonamides is 1. The standard InChI is InChI=1S/C19H23N3O3S/c1-16-6-5-7-17(14-16)15-20-19(23)21-10-12-22(13-11-21)26(24,25)18-8-3-2-4-9-18/h2-9,14H,10-13,15H2,1H3,(H,20,23). The van der Waals surface area contributed by atoms with Crippen molar-refractivity contribution in [3.05, 3.63) is 65.7 Å². The number of carbonyl (C=O) groups is 1. The molecule has 0 saturated carbocycles. The molecular weight excluding hydrogens is 350 g/mol. The lowest BCUT2D eigenvalue weighted by atomic mass is 10.1. The third-order valence-corrected chi connectivity index (χ3v) is 6.35. The van der Waals surface area contributed by atoms with Crippen LogP contribution in [0.15, 0.2) is 59.5 Å². The number of piperazine rings is 1. The Kier molecular flexibility index (Phi) is 5.58. The molecule has 1 saturated heterocycles. The highest BCUT2D eigenvalue weighted by Crippen LogP contribution is 2.17. The normalized spacial score (nSPS) is 15.7. The Hall–Kier alpha value is -2.38. The van der Waals surface area contributed by atoms with E-state index < -0.39 is 10.0 Å². The molecule has 0 bridgehead atoms. The Balaban J connectivity index is 1.54. The molecule has 0 unspecified atom stereocenters. The molecule has 2 aromatic rings. The molecule has 0 aromatic heterocycles. The third-order valence-electron chi connectivity index (χ3n) is 4.43. The number of urea groups is 1. The first kappa shape index (κ1) is 18.4. The van der Waals surface area contributed by atoms with Crippen molar-refractivity contribution in [1.29, 1.82) is 0 Å². The van der Waals surface area contributed by atoms with E-state index in [0.29, 0.717) is 32.7 Å². The summed E-state index contributed by atoms with van der Waals surface area (Å²) in [6.07, 6.45) is 0. The summed E-state index contributed by atoms with van der Waals surface area (Å²) in [4.78, 5) is 14.3. The molecule has 0 aliphatic carbocycles. The summed E-state index contributed by atoms with van der Waals surface area (Å²) >= 11 is 0. The highest BCUT2D eigenvalue weighted by molar-refractivity contribution is 7.89. The van der Waals surface area contributed by atoms with E-state index in [2.05, 4.69) is 5.32 Å². The van der Waals surface area contributed by atoms with Gasteiger partial charge in [-0.05, 0) is 24.6 Å². The van der Waals surface area contributed by atoms with Gasteiger partial charge in [-0.3, -0.25) is 0 Å². The maximum Gasteiger partial charge on any atom is 0.317 e. The van der Waals surface area contributed by atoms with Gasteiger partial charge in [-0.25, -0.2) is 13.2 Å². The number of hydrogen-bond acceptors (Lipinski definition) is 3. The first-order valence-electron chi connectivity index (χ1n) is 8.60. The summed E-state index contributed by atoms with van der Waals surface area (Å²) in [6, 6.07) is 16.2. The van der Waals surface area contributed by atoms with Crippen LogP contribution in [0.2, 0.25) is 0 Å². The van der Waals surface area contributed by atoms with Crippen LogP contribution in [0, 0.1) is 6.92 Å². The zero-order chi connectivity index (χ0) is 18.6. The molecule has 0 atom stereocenters. The van der Waals surface area contributed by atoms with Gasteiger partial charge >= 0.3 is 6.03 Å². The highest BCUT2D eigenvalue weighted by Gasteiger charge is 2.29. The number of hydrogen-bond donors (Lipinski definition) is 1. The van der Waals surface area contributed by atoms with E-state index in [9.17, 15) is 13.2 Å². The third kappa shape index (κ3) is 4.23. The van der Waals surface area contributed by atoms with E-state index in [4.69, 9.17) is 0 Å². The molecule has 138 valence electrons. The quantitative estimate of drug-likeness (QED) is 0.893. The molecule has 2 aromatic carbocycles. The first-order valence-corrected chi connectivity index (χ1v) is 10.0. The number of aryl methyl sites for hydroxylation is 1. The van der Waals surface area contributed by atoms with Gasteiger partial charge in [-0.15, -0.1) is 0 Å². The Bertz CT molecular complexity index is 861. The Morgan fingerprint density at radius 3 is 2.35 bits per heavy atom. The average molecular weight is 373 g/mol. The minimum absolute atomic E-state index is 0.164. The Morgan fingerprint density at radius 2 is 1.69 bits per heavy atom. The largest absolute Gasteiger partial charge is 0.334 e. The summed E-state index contributed by atoms with van der Waals surface area (Å²) < 4.78 is 26.7. The van der Waals surface area contributed by atoms with Crippen molar-refractivity contribution < 1.29 is 13.2 Å². The van der Waals surface area contributed by atoms with Crippen molar-refractivity contribution in [3.63, 3.8) is 0 Å². The molecule has 1 aliphatic rings. The van der Waals surface area contributed by atoms with Crippen molar-refractivity contribution in [2.45, 2.75) is 18.4 Å². The summed E-state index contributed by atoms with van der Waals surface area (Å²) in [7, 11) is -3.50. The van der Waals surface area contributed by atoms with Crippen molar-refractivity contribution in [3.8, 4) is 0 Å². The second kappa shape index (κ2) is 7.88. The molecule has 1 heterocycles. The van der Waals surface area contributed by atoms with Gasteiger partial charge in [-0.1, -0.05) is 48.0 Å². The molecule has 0 radical (unpaired) electrons. The molecule has 2 amide bonds. The second-order valence-electron chi connectivity index (χ2n) is 6.35. The minimum atomic E-state index is -3.50. The number of amides is 2. The van der Waals surface area contributed by atoms with Gasteiger partial charge in [0.15, 0.2) is 0 Å². The van der Waals surface area contributed by atoms with Gasteiger partial charge in [-0.2, -0.15) is 4.31 Å². The fourth-order valence-corrected chi connectivity index (χ4v) is 4.43. The van der Waals surface area contributed by atoms with Crippen LogP contribution in [0.5, 0.6) is 0 Å². The average Bonchev–Trinajstić information content (AvgIpc) is 2.67. The number of nitrogens with one attached hydrogen (secondary N) is 1. The molecule has 7 heteroatoms. The lowest BCUT2D eigenvalue weighted by Crippen LogP contribution is -2.52. The van der Waals surface area contributed by atoms with E-state index in [1.807, 2.05) is 31.2 Å². The fourth-order valence-electron chi connectivity index (χ4n) is 2.98. The van der Waals surface area contributed by atoms with Crippen LogP contribution in [-0.2, 0) is 16.6 Å². The smallest absolute Gasteiger partial charge is 0.317 e. The molecule has 26 heavy (non-hydrogen) atoms. The second-order valence-corrected chi connectivity index (χ2v) is 8.29. The van der Waals surface area contributed by atoms with E-state index >= 15 is 0 Å². The minimum Gasteiger partial charge on any atom is -0.334 e. The molecular formula is C19H23N3O3S. The van der Waals surface area contributed by atoms with Crippen LogP contribution >= 0.6 is 0 Å². The van der Waals surface area contributed by atoms with Gasteiger partial charge in [0.25, 0.3) is 0 Å². The maximum absolute atomic E-state index is 12.6. The number of rotatable bonds is 4. The summed E-state index contributed by atoms with van der Waals surface area (Å²) in [5.41, 5.74) is 2.19. The van der Waals surface area contributed by atoms with Crippen LogP contribution in [0.4, 0.5) is 4.79 Å². The monoisotopic (exact) mass is 373 g/mol. The van der Waals surface area contributed by atoms with E-state index in [1.165, 1.54) is 4.31 Å². The van der Waals surface area contributed by atoms with E-state index in [1.54, 1.807) is 35.2 Å². The van der Waals surface area contributed by atoms with Gasteiger partial charge < -0.3 is 10.2 Å². The summed E-state index contributed by atoms with van der Waals surface area (Å²) in [6.45, 7) is 3.84. The molecule has 3 rings (SSSR count). The SMILES string of the molecule is Cc1cccc(CNC(=O)N2CCN(S(=O)(=O)c3ccccc3)CC2)c1. The van der Waals surface area contributed by atoms with Crippen molar-refractivity contribution in [2.75, 3.05) is 26.2 Å². The lowest BCUT2D eigenvalue weighted by molar-refractivity contribution is 0.172.